The van der Waals surface area contributed by atoms with E-state index in [0.29, 0.717) is 18.0 Å². The van der Waals surface area contributed by atoms with E-state index in [1.165, 1.54) is 0 Å². The molecular weight excluding hydrogens is 368 g/mol. The number of hydrogen-bond acceptors (Lipinski definition) is 4. The number of aryl methyl sites for hydroxylation is 1. The van der Waals surface area contributed by atoms with Crippen molar-refractivity contribution >= 4 is 28.8 Å². The zero-order valence-electron chi connectivity index (χ0n) is 14.4. The van der Waals surface area contributed by atoms with Gasteiger partial charge in [0.15, 0.2) is 6.61 Å². The van der Waals surface area contributed by atoms with Gasteiger partial charge in [0.2, 0.25) is 0 Å². The quantitative estimate of drug-likeness (QED) is 0.650. The van der Waals surface area contributed by atoms with E-state index in [1.807, 2.05) is 60.8 Å². The van der Waals surface area contributed by atoms with Crippen LogP contribution in [0.4, 0.5) is 0 Å². The number of thiazole rings is 1. The van der Waals surface area contributed by atoms with Crippen LogP contribution in [-0.4, -0.2) is 24.0 Å². The van der Waals surface area contributed by atoms with Crippen LogP contribution < -0.4 is 10.1 Å². The molecule has 1 N–H and O–H groups in total. The molecule has 0 atom stereocenters. The first-order valence-corrected chi connectivity index (χ1v) is 9.53. The van der Waals surface area contributed by atoms with Crippen LogP contribution in [0.5, 0.6) is 5.75 Å². The number of para-hydroxylation sites is 1. The van der Waals surface area contributed by atoms with E-state index in [4.69, 9.17) is 16.3 Å². The van der Waals surface area contributed by atoms with Gasteiger partial charge in [0, 0.05) is 28.9 Å². The third kappa shape index (κ3) is 5.07. The molecule has 2 aromatic carbocycles. The van der Waals surface area contributed by atoms with Crippen LogP contribution in [0.1, 0.15) is 11.3 Å². The normalized spacial score (nSPS) is 10.5. The predicted molar refractivity (Wildman–Crippen MR) is 106 cm³/mol. The molecule has 0 spiro atoms. The Balaban J connectivity index is 1.44. The van der Waals surface area contributed by atoms with Gasteiger partial charge in [-0.25, -0.2) is 4.98 Å². The number of benzene rings is 2. The molecule has 0 saturated heterocycles. The van der Waals surface area contributed by atoms with Crippen molar-refractivity contribution in [3.05, 3.63) is 70.2 Å². The summed E-state index contributed by atoms with van der Waals surface area (Å²) in [4.78, 5) is 16.5. The highest BCUT2D eigenvalue weighted by Crippen LogP contribution is 2.25. The van der Waals surface area contributed by atoms with Crippen LogP contribution in [0.2, 0.25) is 5.02 Å². The number of nitrogens with one attached hydrogen (secondary N) is 1. The van der Waals surface area contributed by atoms with Crippen molar-refractivity contribution in [3.8, 4) is 16.3 Å². The second kappa shape index (κ2) is 8.83. The summed E-state index contributed by atoms with van der Waals surface area (Å²) in [7, 11) is 0. The minimum absolute atomic E-state index is 0.0118. The Morgan fingerprint density at radius 1 is 1.19 bits per heavy atom. The highest BCUT2D eigenvalue weighted by molar-refractivity contribution is 7.13. The molecule has 6 heteroatoms. The lowest BCUT2D eigenvalue weighted by Gasteiger charge is -2.08. The van der Waals surface area contributed by atoms with Gasteiger partial charge in [-0.05, 0) is 30.7 Å². The number of carbonyl (C=O) groups excluding carboxylic acids is 1. The van der Waals surface area contributed by atoms with Gasteiger partial charge in [-0.2, -0.15) is 0 Å². The van der Waals surface area contributed by atoms with E-state index < -0.39 is 0 Å². The highest BCUT2D eigenvalue weighted by Gasteiger charge is 2.07. The van der Waals surface area contributed by atoms with E-state index in [0.717, 1.165) is 27.6 Å². The standard InChI is InChI=1S/C20H19ClN2O2S/c1-14-4-2-3-5-18(14)25-12-19(24)22-11-10-17-13-26-20(23-17)15-6-8-16(21)9-7-15/h2-9,13H,10-12H2,1H3,(H,22,24). The first-order valence-electron chi connectivity index (χ1n) is 8.27. The Kier molecular flexibility index (Phi) is 6.26. The van der Waals surface area contributed by atoms with Crippen molar-refractivity contribution in [2.45, 2.75) is 13.3 Å². The molecule has 0 aliphatic carbocycles. The lowest BCUT2D eigenvalue weighted by atomic mass is 10.2. The van der Waals surface area contributed by atoms with E-state index in [1.54, 1.807) is 11.3 Å². The number of halogens is 1. The van der Waals surface area contributed by atoms with Crippen LogP contribution in [0, 0.1) is 6.92 Å². The van der Waals surface area contributed by atoms with Crippen LogP contribution in [0.3, 0.4) is 0 Å². The summed E-state index contributed by atoms with van der Waals surface area (Å²) in [5.74, 6) is 0.594. The Labute approximate surface area is 161 Å². The van der Waals surface area contributed by atoms with Crippen LogP contribution in [-0.2, 0) is 11.2 Å². The third-order valence-electron chi connectivity index (χ3n) is 3.80. The van der Waals surface area contributed by atoms with E-state index in [-0.39, 0.29) is 12.5 Å². The fourth-order valence-corrected chi connectivity index (χ4v) is 3.38. The molecule has 0 fully saturated rings. The SMILES string of the molecule is Cc1ccccc1OCC(=O)NCCc1csc(-c2ccc(Cl)cc2)n1. The molecule has 0 bridgehead atoms. The zero-order chi connectivity index (χ0) is 18.4. The second-order valence-electron chi connectivity index (χ2n) is 5.81. The Morgan fingerprint density at radius 2 is 1.96 bits per heavy atom. The smallest absolute Gasteiger partial charge is 0.257 e. The summed E-state index contributed by atoms with van der Waals surface area (Å²) in [6.07, 6.45) is 0.681. The molecule has 134 valence electrons. The third-order valence-corrected chi connectivity index (χ3v) is 4.99. The summed E-state index contributed by atoms with van der Waals surface area (Å²) in [6.45, 7) is 2.49. The molecule has 0 aliphatic heterocycles. The summed E-state index contributed by atoms with van der Waals surface area (Å²) in [6, 6.07) is 15.3. The van der Waals surface area contributed by atoms with Crippen molar-refractivity contribution in [2.75, 3.05) is 13.2 Å². The number of carbonyl (C=O) groups is 1. The number of hydrogen-bond donors (Lipinski definition) is 1. The maximum atomic E-state index is 11.9. The minimum atomic E-state index is -0.138. The predicted octanol–water partition coefficient (Wildman–Crippen LogP) is 4.51. The lowest BCUT2D eigenvalue weighted by Crippen LogP contribution is -2.30. The molecule has 1 amide bonds. The largest absolute Gasteiger partial charge is 0.484 e. The maximum absolute atomic E-state index is 11.9. The Hall–Kier alpha value is -2.37. The molecule has 0 unspecified atom stereocenters. The minimum Gasteiger partial charge on any atom is -0.484 e. The first-order chi connectivity index (χ1) is 12.6. The van der Waals surface area contributed by atoms with Gasteiger partial charge in [0.25, 0.3) is 5.91 Å². The van der Waals surface area contributed by atoms with Crippen molar-refractivity contribution in [2.24, 2.45) is 0 Å². The number of rotatable bonds is 7. The van der Waals surface area contributed by atoms with Gasteiger partial charge < -0.3 is 10.1 Å². The van der Waals surface area contributed by atoms with Gasteiger partial charge >= 0.3 is 0 Å². The molecule has 0 saturated carbocycles. The molecule has 3 aromatic rings. The van der Waals surface area contributed by atoms with Crippen molar-refractivity contribution in [3.63, 3.8) is 0 Å². The molecule has 0 radical (unpaired) electrons. The average molecular weight is 387 g/mol. The molecule has 4 nitrogen and oxygen atoms in total. The van der Waals surface area contributed by atoms with Gasteiger partial charge in [-0.3, -0.25) is 4.79 Å². The zero-order valence-corrected chi connectivity index (χ0v) is 15.9. The summed E-state index contributed by atoms with van der Waals surface area (Å²) < 4.78 is 5.54. The lowest BCUT2D eigenvalue weighted by molar-refractivity contribution is -0.123. The van der Waals surface area contributed by atoms with Gasteiger partial charge in [-0.1, -0.05) is 41.9 Å². The topological polar surface area (TPSA) is 51.2 Å². The monoisotopic (exact) mass is 386 g/mol. The highest BCUT2D eigenvalue weighted by atomic mass is 35.5. The fraction of sp³-hybridized carbons (Fsp3) is 0.200. The van der Waals surface area contributed by atoms with Crippen molar-refractivity contribution in [1.82, 2.24) is 10.3 Å². The van der Waals surface area contributed by atoms with E-state index in [9.17, 15) is 4.79 Å². The average Bonchev–Trinajstić information content (AvgIpc) is 3.10. The Bertz CT molecular complexity index is 878. The molecule has 1 heterocycles. The number of amides is 1. The molecular formula is C20H19ClN2O2S. The Morgan fingerprint density at radius 3 is 2.73 bits per heavy atom. The summed E-state index contributed by atoms with van der Waals surface area (Å²) in [5.41, 5.74) is 3.01. The molecule has 1 aromatic heterocycles. The molecule has 3 rings (SSSR count). The van der Waals surface area contributed by atoms with Gasteiger partial charge in [-0.15, -0.1) is 11.3 Å². The summed E-state index contributed by atoms with van der Waals surface area (Å²) >= 11 is 7.49. The number of aromatic nitrogens is 1. The number of nitrogens with zero attached hydrogens (tertiary/aromatic N) is 1. The fourth-order valence-electron chi connectivity index (χ4n) is 2.39. The summed E-state index contributed by atoms with van der Waals surface area (Å²) in [5, 5.41) is 6.53. The van der Waals surface area contributed by atoms with Crippen LogP contribution >= 0.6 is 22.9 Å². The van der Waals surface area contributed by atoms with Crippen LogP contribution in [0.15, 0.2) is 53.9 Å². The van der Waals surface area contributed by atoms with Crippen LogP contribution in [0.25, 0.3) is 10.6 Å². The first kappa shape index (κ1) is 18.4. The van der Waals surface area contributed by atoms with Crippen molar-refractivity contribution < 1.29 is 9.53 Å². The van der Waals surface area contributed by atoms with E-state index >= 15 is 0 Å². The molecule has 26 heavy (non-hydrogen) atoms. The van der Waals surface area contributed by atoms with Crippen molar-refractivity contribution in [1.29, 1.82) is 0 Å². The van der Waals surface area contributed by atoms with E-state index in [2.05, 4.69) is 10.3 Å². The second-order valence-corrected chi connectivity index (χ2v) is 7.10. The van der Waals surface area contributed by atoms with Gasteiger partial charge in [0.1, 0.15) is 10.8 Å². The van der Waals surface area contributed by atoms with Gasteiger partial charge in [0.05, 0.1) is 5.69 Å². The number of ether oxygens (including phenoxy) is 1. The molecule has 0 aliphatic rings. The maximum Gasteiger partial charge on any atom is 0.257 e.